The van der Waals surface area contributed by atoms with Crippen molar-refractivity contribution in [2.45, 2.75) is 45.6 Å². The number of amides is 2. The molecule has 3 N–H and O–H groups in total. The monoisotopic (exact) mass is 184 g/mol. The van der Waals surface area contributed by atoms with E-state index in [1.54, 1.807) is 0 Å². The Morgan fingerprint density at radius 2 is 2.23 bits per heavy atom. The summed E-state index contributed by atoms with van der Waals surface area (Å²) in [5.74, 6) is 1.44. The molecular formula is C10H20N2O. The highest BCUT2D eigenvalue weighted by Crippen LogP contribution is 2.38. The lowest BCUT2D eigenvalue weighted by Crippen LogP contribution is -2.46. The third-order valence-corrected chi connectivity index (χ3v) is 3.15. The number of carbonyl (C=O) groups excluding carboxylic acids is 1. The fourth-order valence-electron chi connectivity index (χ4n) is 2.27. The zero-order chi connectivity index (χ0) is 10.1. The molecule has 1 fully saturated rings. The molecule has 0 aliphatic heterocycles. The van der Waals surface area contributed by atoms with Crippen LogP contribution in [0.5, 0.6) is 0 Å². The average Bonchev–Trinajstić information content (AvgIpc) is 2.29. The highest BCUT2D eigenvalue weighted by atomic mass is 16.2. The normalized spacial score (nSPS) is 33.7. The molecule has 1 aliphatic rings. The van der Waals surface area contributed by atoms with Crippen molar-refractivity contribution in [3.63, 3.8) is 0 Å². The quantitative estimate of drug-likeness (QED) is 0.676. The maximum absolute atomic E-state index is 10.7. The molecule has 3 heteroatoms. The number of hydrogen-bond donors (Lipinski definition) is 2. The Kier molecular flexibility index (Phi) is 2.84. The molecule has 0 bridgehead atoms. The highest BCUT2D eigenvalue weighted by Gasteiger charge is 2.36. The molecule has 1 aliphatic carbocycles. The lowest BCUT2D eigenvalue weighted by Gasteiger charge is -2.25. The van der Waals surface area contributed by atoms with Gasteiger partial charge in [0.1, 0.15) is 0 Å². The van der Waals surface area contributed by atoms with Crippen molar-refractivity contribution < 1.29 is 4.79 Å². The van der Waals surface area contributed by atoms with Gasteiger partial charge in [-0.2, -0.15) is 0 Å². The lowest BCUT2D eigenvalue weighted by atomic mass is 9.91. The molecule has 3 nitrogen and oxygen atoms in total. The van der Waals surface area contributed by atoms with Crippen LogP contribution >= 0.6 is 0 Å². The maximum Gasteiger partial charge on any atom is 0.312 e. The predicted molar refractivity (Wildman–Crippen MR) is 53.3 cm³/mol. The van der Waals surface area contributed by atoms with Crippen LogP contribution < -0.4 is 11.1 Å². The Morgan fingerprint density at radius 3 is 2.62 bits per heavy atom. The van der Waals surface area contributed by atoms with Crippen molar-refractivity contribution in [2.75, 3.05) is 0 Å². The number of hydrogen-bond acceptors (Lipinski definition) is 1. The molecule has 1 saturated carbocycles. The minimum Gasteiger partial charge on any atom is -0.352 e. The molecule has 0 saturated heterocycles. The molecular weight excluding hydrogens is 164 g/mol. The molecule has 0 aromatic heterocycles. The first-order chi connectivity index (χ1) is 5.93. The molecule has 0 aromatic rings. The van der Waals surface area contributed by atoms with Gasteiger partial charge in [-0.15, -0.1) is 0 Å². The summed E-state index contributed by atoms with van der Waals surface area (Å²) in [5, 5.41) is 2.84. The van der Waals surface area contributed by atoms with Crippen molar-refractivity contribution in [1.82, 2.24) is 5.32 Å². The minimum absolute atomic E-state index is 0.0548. The first kappa shape index (κ1) is 10.4. The van der Waals surface area contributed by atoms with Crippen LogP contribution in [-0.4, -0.2) is 11.6 Å². The van der Waals surface area contributed by atoms with Gasteiger partial charge in [-0.05, 0) is 38.0 Å². The molecule has 76 valence electrons. The van der Waals surface area contributed by atoms with E-state index < -0.39 is 6.03 Å². The van der Waals surface area contributed by atoms with Gasteiger partial charge in [0.25, 0.3) is 0 Å². The Bertz CT molecular complexity index is 203. The molecule has 13 heavy (non-hydrogen) atoms. The Hall–Kier alpha value is -0.730. The zero-order valence-corrected chi connectivity index (χ0v) is 8.76. The standard InChI is InChI=1S/C10H20N2O/c1-7(2)8-4-5-10(3,6-8)12-9(11)13/h7-8H,4-6H2,1-3H3,(H3,11,12,13). The summed E-state index contributed by atoms with van der Waals surface area (Å²) < 4.78 is 0. The summed E-state index contributed by atoms with van der Waals surface area (Å²) in [7, 11) is 0. The molecule has 2 unspecified atom stereocenters. The minimum atomic E-state index is -0.396. The van der Waals surface area contributed by atoms with E-state index in [4.69, 9.17) is 5.73 Å². The van der Waals surface area contributed by atoms with Crippen molar-refractivity contribution in [3.05, 3.63) is 0 Å². The molecule has 2 atom stereocenters. The van der Waals surface area contributed by atoms with Gasteiger partial charge >= 0.3 is 6.03 Å². The van der Waals surface area contributed by atoms with E-state index in [-0.39, 0.29) is 5.54 Å². The summed E-state index contributed by atoms with van der Waals surface area (Å²) >= 11 is 0. The molecule has 0 heterocycles. The van der Waals surface area contributed by atoms with Gasteiger partial charge in [0, 0.05) is 5.54 Å². The summed E-state index contributed by atoms with van der Waals surface area (Å²) in [4.78, 5) is 10.7. The summed E-state index contributed by atoms with van der Waals surface area (Å²) in [6, 6.07) is -0.396. The zero-order valence-electron chi connectivity index (χ0n) is 8.76. The Morgan fingerprint density at radius 1 is 1.62 bits per heavy atom. The second-order valence-corrected chi connectivity index (χ2v) is 4.80. The number of carbonyl (C=O) groups is 1. The van der Waals surface area contributed by atoms with Gasteiger partial charge in [-0.1, -0.05) is 13.8 Å². The van der Waals surface area contributed by atoms with Gasteiger partial charge in [0.2, 0.25) is 0 Å². The molecule has 0 spiro atoms. The highest BCUT2D eigenvalue weighted by molar-refractivity contribution is 5.72. The SMILES string of the molecule is CC(C)C1CCC(C)(NC(N)=O)C1. The number of rotatable bonds is 2. The summed E-state index contributed by atoms with van der Waals surface area (Å²) in [5.41, 5.74) is 5.07. The van der Waals surface area contributed by atoms with Crippen LogP contribution in [0, 0.1) is 11.8 Å². The van der Waals surface area contributed by atoms with E-state index in [2.05, 4.69) is 26.1 Å². The van der Waals surface area contributed by atoms with E-state index >= 15 is 0 Å². The second kappa shape index (κ2) is 3.56. The largest absolute Gasteiger partial charge is 0.352 e. The van der Waals surface area contributed by atoms with Crippen LogP contribution in [0.15, 0.2) is 0 Å². The van der Waals surface area contributed by atoms with Gasteiger partial charge in [0.05, 0.1) is 0 Å². The Labute approximate surface area is 80.1 Å². The number of primary amides is 1. The first-order valence-electron chi connectivity index (χ1n) is 5.00. The van der Waals surface area contributed by atoms with Gasteiger partial charge in [0.15, 0.2) is 0 Å². The van der Waals surface area contributed by atoms with E-state index in [1.165, 1.54) is 6.42 Å². The van der Waals surface area contributed by atoms with Gasteiger partial charge in [-0.25, -0.2) is 4.79 Å². The summed E-state index contributed by atoms with van der Waals surface area (Å²) in [6.07, 6.45) is 3.32. The number of nitrogens with one attached hydrogen (secondary N) is 1. The van der Waals surface area contributed by atoms with Crippen LogP contribution in [0.1, 0.15) is 40.0 Å². The molecule has 0 aromatic carbocycles. The molecule has 0 radical (unpaired) electrons. The van der Waals surface area contributed by atoms with Gasteiger partial charge < -0.3 is 11.1 Å². The van der Waals surface area contributed by atoms with E-state index in [0.29, 0.717) is 5.92 Å². The van der Waals surface area contributed by atoms with Crippen LogP contribution in [-0.2, 0) is 0 Å². The fourth-order valence-corrected chi connectivity index (χ4v) is 2.27. The number of urea groups is 1. The smallest absolute Gasteiger partial charge is 0.312 e. The van der Waals surface area contributed by atoms with E-state index in [9.17, 15) is 4.79 Å². The average molecular weight is 184 g/mol. The van der Waals surface area contributed by atoms with Crippen molar-refractivity contribution >= 4 is 6.03 Å². The third-order valence-electron chi connectivity index (χ3n) is 3.15. The molecule has 2 amide bonds. The predicted octanol–water partition coefficient (Wildman–Crippen LogP) is 1.87. The third kappa shape index (κ3) is 2.61. The maximum atomic E-state index is 10.7. The Balaban J connectivity index is 2.51. The van der Waals surface area contributed by atoms with E-state index in [0.717, 1.165) is 18.8 Å². The van der Waals surface area contributed by atoms with Crippen LogP contribution in [0.4, 0.5) is 4.79 Å². The van der Waals surface area contributed by atoms with Crippen LogP contribution in [0.3, 0.4) is 0 Å². The second-order valence-electron chi connectivity index (χ2n) is 4.80. The first-order valence-corrected chi connectivity index (χ1v) is 5.00. The number of nitrogens with two attached hydrogens (primary N) is 1. The topological polar surface area (TPSA) is 55.1 Å². The van der Waals surface area contributed by atoms with Crippen molar-refractivity contribution in [3.8, 4) is 0 Å². The molecule has 1 rings (SSSR count). The fraction of sp³-hybridized carbons (Fsp3) is 0.900. The van der Waals surface area contributed by atoms with Crippen molar-refractivity contribution in [2.24, 2.45) is 17.6 Å². The van der Waals surface area contributed by atoms with Crippen LogP contribution in [0.25, 0.3) is 0 Å². The lowest BCUT2D eigenvalue weighted by molar-refractivity contribution is 0.234. The van der Waals surface area contributed by atoms with Crippen molar-refractivity contribution in [1.29, 1.82) is 0 Å². The summed E-state index contributed by atoms with van der Waals surface area (Å²) in [6.45, 7) is 6.56. The van der Waals surface area contributed by atoms with E-state index in [1.807, 2.05) is 0 Å². The van der Waals surface area contributed by atoms with Gasteiger partial charge in [-0.3, -0.25) is 0 Å². The van der Waals surface area contributed by atoms with Crippen LogP contribution in [0.2, 0.25) is 0 Å².